The fourth-order valence-corrected chi connectivity index (χ4v) is 4.28. The zero-order chi connectivity index (χ0) is 22.4. The molecule has 1 heterocycles. The molecule has 0 saturated carbocycles. The molecule has 0 bridgehead atoms. The van der Waals surface area contributed by atoms with Gasteiger partial charge in [0.1, 0.15) is 5.75 Å². The number of piperidine rings is 1. The van der Waals surface area contributed by atoms with Gasteiger partial charge in [-0.05, 0) is 68.9 Å². The van der Waals surface area contributed by atoms with Crippen molar-refractivity contribution in [1.29, 1.82) is 0 Å². The summed E-state index contributed by atoms with van der Waals surface area (Å²) >= 11 is 18.3. The second-order valence-electron chi connectivity index (χ2n) is 7.70. The summed E-state index contributed by atoms with van der Waals surface area (Å²) in [6, 6.07) is 8.81. The van der Waals surface area contributed by atoms with Crippen molar-refractivity contribution in [3.8, 4) is 5.75 Å². The number of nitrogen functional groups attached to an aromatic ring is 1. The largest absolute Gasteiger partial charge is 0.496 e. The van der Waals surface area contributed by atoms with Crippen molar-refractivity contribution >= 4 is 46.4 Å². The van der Waals surface area contributed by atoms with Crippen molar-refractivity contribution in [3.63, 3.8) is 0 Å². The average Bonchev–Trinajstić information content (AvgIpc) is 2.77. The predicted octanol–water partition coefficient (Wildman–Crippen LogP) is 5.32. The molecular weight excluding hydrogens is 457 g/mol. The van der Waals surface area contributed by atoms with Crippen LogP contribution in [-0.4, -0.2) is 44.1 Å². The second kappa shape index (κ2) is 11.3. The van der Waals surface area contributed by atoms with Crippen molar-refractivity contribution in [3.05, 3.63) is 62.9 Å². The van der Waals surface area contributed by atoms with Crippen LogP contribution in [0, 0.1) is 12.3 Å². The summed E-state index contributed by atoms with van der Waals surface area (Å²) in [6.45, 7) is 3.62. The highest BCUT2D eigenvalue weighted by atomic mass is 35.5. The molecule has 0 atom stereocenters. The first-order valence-electron chi connectivity index (χ1n) is 10.3. The highest BCUT2D eigenvalue weighted by Crippen LogP contribution is 2.29. The molecule has 5 nitrogen and oxygen atoms in total. The fraction of sp³-hybridized carbons (Fsp3) is 0.391. The van der Waals surface area contributed by atoms with Crippen molar-refractivity contribution in [2.75, 3.05) is 39.0 Å². The van der Waals surface area contributed by atoms with Crippen LogP contribution < -0.4 is 15.8 Å². The third-order valence-electron chi connectivity index (χ3n) is 5.61. The highest BCUT2D eigenvalue weighted by Gasteiger charge is 2.21. The number of anilines is 1. The number of benzene rings is 2. The van der Waals surface area contributed by atoms with Crippen LogP contribution in [0.2, 0.25) is 15.1 Å². The Hall–Kier alpha value is -1.66. The van der Waals surface area contributed by atoms with E-state index in [-0.39, 0.29) is 5.91 Å². The maximum Gasteiger partial charge on any atom is 0.255 e. The van der Waals surface area contributed by atoms with Gasteiger partial charge in [-0.25, -0.2) is 0 Å². The summed E-state index contributed by atoms with van der Waals surface area (Å²) in [5.74, 6) is 0.667. The number of hydrogen-bond donors (Lipinski definition) is 2. The molecule has 1 saturated heterocycles. The standard InChI is InChI=1S/C23H27Cl3N3O2/c1-31-21-13-19(25)20(27)12-17(21)23(30)28-14-15-7-10-29(11-8-15)9-3-5-16-4-2-6-18(24)22(16)26/h2,4-6,12-13,15H,3,7-11,14,27H2,1H3,(H,28,30). The minimum atomic E-state index is -0.198. The van der Waals surface area contributed by atoms with Gasteiger partial charge in [-0.15, -0.1) is 0 Å². The summed E-state index contributed by atoms with van der Waals surface area (Å²) < 4.78 is 5.27. The molecular formula is C23H27Cl3N3O2. The number of halogens is 3. The number of ether oxygens (including phenoxy) is 1. The van der Waals surface area contributed by atoms with Crippen LogP contribution in [0.5, 0.6) is 5.75 Å². The van der Waals surface area contributed by atoms with Gasteiger partial charge in [0, 0.05) is 12.6 Å². The van der Waals surface area contributed by atoms with E-state index in [2.05, 4.69) is 16.6 Å². The van der Waals surface area contributed by atoms with Crippen LogP contribution in [0.15, 0.2) is 30.3 Å². The molecule has 1 aliphatic heterocycles. The first-order chi connectivity index (χ1) is 14.9. The Morgan fingerprint density at radius 2 is 1.97 bits per heavy atom. The lowest BCUT2D eigenvalue weighted by Gasteiger charge is -2.32. The van der Waals surface area contributed by atoms with E-state index >= 15 is 0 Å². The average molecular weight is 484 g/mol. The molecule has 31 heavy (non-hydrogen) atoms. The zero-order valence-corrected chi connectivity index (χ0v) is 19.7. The van der Waals surface area contributed by atoms with Crippen LogP contribution in [0.3, 0.4) is 0 Å². The smallest absolute Gasteiger partial charge is 0.255 e. The van der Waals surface area contributed by atoms with Gasteiger partial charge in [0.25, 0.3) is 5.91 Å². The van der Waals surface area contributed by atoms with E-state index in [0.29, 0.717) is 44.5 Å². The summed E-state index contributed by atoms with van der Waals surface area (Å²) in [7, 11) is 1.51. The van der Waals surface area contributed by atoms with E-state index in [4.69, 9.17) is 45.3 Å². The highest BCUT2D eigenvalue weighted by molar-refractivity contribution is 6.42. The van der Waals surface area contributed by atoms with E-state index in [9.17, 15) is 4.79 Å². The molecule has 0 unspecified atom stereocenters. The summed E-state index contributed by atoms with van der Waals surface area (Å²) in [5, 5.41) is 4.57. The molecule has 3 rings (SSSR count). The van der Waals surface area contributed by atoms with Crippen LogP contribution in [0.1, 0.15) is 35.2 Å². The Labute approximate surface area is 198 Å². The van der Waals surface area contributed by atoms with E-state index in [0.717, 1.165) is 44.5 Å². The van der Waals surface area contributed by atoms with Crippen LogP contribution in [0.4, 0.5) is 5.69 Å². The molecule has 2 aromatic carbocycles. The topological polar surface area (TPSA) is 67.6 Å². The molecule has 3 N–H and O–H groups in total. The number of carbonyl (C=O) groups excluding carboxylic acids is 1. The number of methoxy groups -OCH3 is 1. The second-order valence-corrected chi connectivity index (χ2v) is 8.90. The quantitative estimate of drug-likeness (QED) is 0.499. The maximum atomic E-state index is 12.6. The van der Waals surface area contributed by atoms with Crippen molar-refractivity contribution in [1.82, 2.24) is 10.2 Å². The van der Waals surface area contributed by atoms with Crippen LogP contribution in [0.25, 0.3) is 0 Å². The number of carbonyl (C=O) groups is 1. The number of rotatable bonds is 8. The first kappa shape index (κ1) is 24.0. The van der Waals surface area contributed by atoms with Gasteiger partial charge < -0.3 is 20.7 Å². The number of hydrogen-bond acceptors (Lipinski definition) is 4. The maximum absolute atomic E-state index is 12.6. The Kier molecular flexibility index (Phi) is 8.73. The fourth-order valence-electron chi connectivity index (χ4n) is 3.75. The molecule has 0 aromatic heterocycles. The Morgan fingerprint density at radius 3 is 2.68 bits per heavy atom. The monoisotopic (exact) mass is 482 g/mol. The van der Waals surface area contributed by atoms with E-state index < -0.39 is 0 Å². The molecule has 1 radical (unpaired) electrons. The lowest BCUT2D eigenvalue weighted by molar-refractivity contribution is 0.0933. The van der Waals surface area contributed by atoms with E-state index in [1.807, 2.05) is 12.1 Å². The predicted molar refractivity (Wildman–Crippen MR) is 128 cm³/mol. The van der Waals surface area contributed by atoms with Crippen LogP contribution >= 0.6 is 34.8 Å². The SMILES string of the molecule is COc1cc(Cl)c(N)cc1C(=O)NCC1CCN(CC[CH]c2cccc(Cl)c2Cl)CC1. The summed E-state index contributed by atoms with van der Waals surface area (Å²) in [6.07, 6.45) is 5.13. The number of nitrogens with two attached hydrogens (primary N) is 1. The first-order valence-corrected chi connectivity index (χ1v) is 11.4. The molecule has 1 fully saturated rings. The molecule has 0 aliphatic carbocycles. The minimum absolute atomic E-state index is 0.198. The summed E-state index contributed by atoms with van der Waals surface area (Å²) in [5.41, 5.74) is 7.57. The Morgan fingerprint density at radius 1 is 1.23 bits per heavy atom. The van der Waals surface area contributed by atoms with Gasteiger partial charge >= 0.3 is 0 Å². The van der Waals surface area contributed by atoms with Gasteiger partial charge in [-0.1, -0.05) is 46.9 Å². The minimum Gasteiger partial charge on any atom is -0.496 e. The number of amides is 1. The van der Waals surface area contributed by atoms with Crippen molar-refractivity contribution < 1.29 is 9.53 Å². The Balaban J connectivity index is 1.41. The molecule has 167 valence electrons. The number of likely N-dealkylation sites (tertiary alicyclic amines) is 1. The van der Waals surface area contributed by atoms with Gasteiger partial charge in [0.05, 0.1) is 33.4 Å². The van der Waals surface area contributed by atoms with Gasteiger partial charge in [-0.3, -0.25) is 4.79 Å². The van der Waals surface area contributed by atoms with Crippen molar-refractivity contribution in [2.24, 2.45) is 5.92 Å². The molecule has 8 heteroatoms. The molecule has 1 aliphatic rings. The summed E-state index contributed by atoms with van der Waals surface area (Å²) in [4.78, 5) is 15.0. The Bertz CT molecular complexity index is 915. The van der Waals surface area contributed by atoms with Gasteiger partial charge in [0.15, 0.2) is 0 Å². The number of nitrogens with zero attached hydrogens (tertiary/aromatic N) is 1. The van der Waals surface area contributed by atoms with Crippen molar-refractivity contribution in [2.45, 2.75) is 19.3 Å². The lowest BCUT2D eigenvalue weighted by Crippen LogP contribution is -2.39. The lowest BCUT2D eigenvalue weighted by atomic mass is 9.96. The van der Waals surface area contributed by atoms with Gasteiger partial charge in [-0.2, -0.15) is 0 Å². The molecule has 0 spiro atoms. The van der Waals surface area contributed by atoms with E-state index in [1.54, 1.807) is 18.2 Å². The number of nitrogens with one attached hydrogen (secondary N) is 1. The zero-order valence-electron chi connectivity index (χ0n) is 17.5. The third-order valence-corrected chi connectivity index (χ3v) is 6.77. The normalized spacial score (nSPS) is 15.1. The third kappa shape index (κ3) is 6.42. The van der Waals surface area contributed by atoms with E-state index in [1.165, 1.54) is 7.11 Å². The van der Waals surface area contributed by atoms with Gasteiger partial charge in [0.2, 0.25) is 0 Å². The molecule has 1 amide bonds. The molecule has 2 aromatic rings. The van der Waals surface area contributed by atoms with Crippen LogP contribution in [-0.2, 0) is 0 Å².